The Morgan fingerprint density at radius 2 is 1.74 bits per heavy atom. The summed E-state index contributed by atoms with van der Waals surface area (Å²) >= 11 is 1.44. The monoisotopic (exact) mass is 434 g/mol. The van der Waals surface area contributed by atoms with Crippen LogP contribution in [0, 0.1) is 5.92 Å². The Bertz CT molecular complexity index is 975. The molecule has 3 aromatic rings. The number of ketones is 1. The van der Waals surface area contributed by atoms with Gasteiger partial charge in [-0.15, -0.1) is 11.3 Å². The molecule has 4 nitrogen and oxygen atoms in total. The highest BCUT2D eigenvalue weighted by Crippen LogP contribution is 2.29. The molecule has 0 radical (unpaired) electrons. The maximum Gasteiger partial charge on any atom is 0.220 e. The minimum absolute atomic E-state index is 0.0313. The van der Waals surface area contributed by atoms with E-state index in [0.29, 0.717) is 30.3 Å². The lowest BCUT2D eigenvalue weighted by molar-refractivity contribution is -0.121. The number of amides is 1. The van der Waals surface area contributed by atoms with Crippen LogP contribution >= 0.6 is 11.3 Å². The van der Waals surface area contributed by atoms with Crippen molar-refractivity contribution in [3.05, 3.63) is 65.2 Å². The van der Waals surface area contributed by atoms with Crippen LogP contribution in [0.1, 0.15) is 72.7 Å². The smallest absolute Gasteiger partial charge is 0.220 e. The molecule has 1 fully saturated rings. The third-order valence-corrected chi connectivity index (χ3v) is 7.33. The first-order valence-electron chi connectivity index (χ1n) is 11.4. The summed E-state index contributed by atoms with van der Waals surface area (Å²) in [5.74, 6) is 0.534. The first-order chi connectivity index (χ1) is 15.2. The summed E-state index contributed by atoms with van der Waals surface area (Å²) < 4.78 is 1.02. The lowest BCUT2D eigenvalue weighted by Crippen LogP contribution is -2.27. The summed E-state index contributed by atoms with van der Waals surface area (Å²) in [5.41, 5.74) is 1.84. The third-order valence-electron chi connectivity index (χ3n) is 6.28. The van der Waals surface area contributed by atoms with Crippen molar-refractivity contribution in [3.8, 4) is 0 Å². The third kappa shape index (κ3) is 5.79. The van der Waals surface area contributed by atoms with Crippen molar-refractivity contribution < 1.29 is 9.59 Å². The Labute approximate surface area is 188 Å². The number of hydrogen-bond acceptors (Lipinski definition) is 4. The Kier molecular flexibility index (Phi) is 7.47. The first-order valence-corrected chi connectivity index (χ1v) is 12.2. The zero-order valence-electron chi connectivity index (χ0n) is 17.9. The van der Waals surface area contributed by atoms with Crippen LogP contribution in [0.3, 0.4) is 0 Å². The SMILES string of the molecule is O=C(CCC1CCCCC1)NCCC(C(=O)c1nc2ccccc2s1)c1ccccc1. The molecule has 1 N–H and O–H groups in total. The number of benzene rings is 2. The number of Topliss-reactive ketones (excluding diaryl/α,β-unsaturated/α-hetero) is 1. The highest BCUT2D eigenvalue weighted by Gasteiger charge is 2.25. The Hall–Kier alpha value is -2.53. The van der Waals surface area contributed by atoms with Gasteiger partial charge in [0.05, 0.1) is 16.1 Å². The van der Waals surface area contributed by atoms with Gasteiger partial charge in [0, 0.05) is 13.0 Å². The van der Waals surface area contributed by atoms with Gasteiger partial charge in [-0.3, -0.25) is 9.59 Å². The fraction of sp³-hybridized carbons (Fsp3) is 0.423. The lowest BCUT2D eigenvalue weighted by Gasteiger charge is -2.21. The van der Waals surface area contributed by atoms with E-state index in [1.54, 1.807) is 0 Å². The van der Waals surface area contributed by atoms with Crippen LogP contribution in [0.15, 0.2) is 54.6 Å². The lowest BCUT2D eigenvalue weighted by atomic mass is 9.86. The van der Waals surface area contributed by atoms with E-state index in [1.807, 2.05) is 54.6 Å². The van der Waals surface area contributed by atoms with E-state index in [2.05, 4.69) is 10.3 Å². The number of hydrogen-bond donors (Lipinski definition) is 1. The van der Waals surface area contributed by atoms with E-state index in [1.165, 1.54) is 43.4 Å². The van der Waals surface area contributed by atoms with Crippen molar-refractivity contribution in [2.24, 2.45) is 5.92 Å². The van der Waals surface area contributed by atoms with Crippen LogP contribution in [0.5, 0.6) is 0 Å². The largest absolute Gasteiger partial charge is 0.356 e. The molecule has 1 aromatic heterocycles. The standard InChI is InChI=1S/C26H30N2O2S/c29-24(16-15-19-9-3-1-4-10-19)27-18-17-21(20-11-5-2-6-12-20)25(30)26-28-22-13-7-8-14-23(22)31-26/h2,5-8,11-14,19,21H,1,3-4,9-10,15-18H2,(H,27,29). The Morgan fingerprint density at radius 3 is 2.52 bits per heavy atom. The maximum atomic E-state index is 13.4. The number of carbonyl (C=O) groups excluding carboxylic acids is 2. The molecule has 0 aliphatic heterocycles. The van der Waals surface area contributed by atoms with Gasteiger partial charge in [0.25, 0.3) is 0 Å². The fourth-order valence-electron chi connectivity index (χ4n) is 4.52. The summed E-state index contributed by atoms with van der Waals surface area (Å²) in [5, 5.41) is 3.59. The molecule has 1 saturated carbocycles. The molecule has 2 aromatic carbocycles. The average Bonchev–Trinajstić information content (AvgIpc) is 3.26. The summed E-state index contributed by atoms with van der Waals surface area (Å²) in [7, 11) is 0. The molecule has 5 heteroatoms. The van der Waals surface area contributed by atoms with E-state index < -0.39 is 0 Å². The van der Waals surface area contributed by atoms with Crippen molar-refractivity contribution in [1.29, 1.82) is 0 Å². The van der Waals surface area contributed by atoms with Gasteiger partial charge < -0.3 is 5.32 Å². The number of thiazole rings is 1. The van der Waals surface area contributed by atoms with Crippen LogP contribution in [0.25, 0.3) is 10.2 Å². The van der Waals surface area contributed by atoms with Crippen LogP contribution in [-0.2, 0) is 4.79 Å². The van der Waals surface area contributed by atoms with Crippen molar-refractivity contribution >= 4 is 33.2 Å². The van der Waals surface area contributed by atoms with Gasteiger partial charge in [-0.2, -0.15) is 0 Å². The molecule has 1 aliphatic rings. The highest BCUT2D eigenvalue weighted by molar-refractivity contribution is 7.20. The second-order valence-corrected chi connectivity index (χ2v) is 9.53. The normalized spacial score (nSPS) is 15.6. The van der Waals surface area contributed by atoms with Gasteiger partial charge in [0.1, 0.15) is 0 Å². The van der Waals surface area contributed by atoms with Gasteiger partial charge in [-0.1, -0.05) is 74.6 Å². The van der Waals surface area contributed by atoms with Crippen LogP contribution in [-0.4, -0.2) is 23.2 Å². The predicted octanol–water partition coefficient (Wildman–Crippen LogP) is 6.13. The molecule has 0 spiro atoms. The molecule has 1 amide bonds. The number of rotatable bonds is 9. The van der Waals surface area contributed by atoms with Crippen LogP contribution in [0.2, 0.25) is 0 Å². The first kappa shape index (κ1) is 21.7. The average molecular weight is 435 g/mol. The van der Waals surface area contributed by atoms with Crippen molar-refractivity contribution in [2.45, 2.75) is 57.3 Å². The molecule has 1 atom stereocenters. The zero-order chi connectivity index (χ0) is 21.5. The van der Waals surface area contributed by atoms with E-state index in [0.717, 1.165) is 22.2 Å². The van der Waals surface area contributed by atoms with Gasteiger partial charge in [-0.05, 0) is 36.5 Å². The van der Waals surface area contributed by atoms with Crippen molar-refractivity contribution in [3.63, 3.8) is 0 Å². The zero-order valence-corrected chi connectivity index (χ0v) is 18.7. The van der Waals surface area contributed by atoms with Crippen LogP contribution in [0.4, 0.5) is 0 Å². The van der Waals surface area contributed by atoms with E-state index in [4.69, 9.17) is 0 Å². The van der Waals surface area contributed by atoms with Gasteiger partial charge in [0.2, 0.25) is 5.91 Å². The predicted molar refractivity (Wildman–Crippen MR) is 127 cm³/mol. The summed E-state index contributed by atoms with van der Waals surface area (Å²) in [6.07, 6.45) is 8.63. The van der Waals surface area contributed by atoms with Crippen LogP contribution < -0.4 is 5.32 Å². The number of fused-ring (bicyclic) bond motifs is 1. The van der Waals surface area contributed by atoms with Gasteiger partial charge in [-0.25, -0.2) is 4.98 Å². The van der Waals surface area contributed by atoms with Crippen molar-refractivity contribution in [2.75, 3.05) is 6.54 Å². The Balaban J connectivity index is 1.37. The Morgan fingerprint density at radius 1 is 1.00 bits per heavy atom. The summed E-state index contributed by atoms with van der Waals surface area (Å²) in [6, 6.07) is 17.7. The molecule has 0 bridgehead atoms. The van der Waals surface area contributed by atoms with Gasteiger partial charge in [0.15, 0.2) is 10.8 Å². The molecule has 1 unspecified atom stereocenters. The number of aromatic nitrogens is 1. The van der Waals surface area contributed by atoms with Crippen molar-refractivity contribution in [1.82, 2.24) is 10.3 Å². The number of nitrogens with zero attached hydrogens (tertiary/aromatic N) is 1. The minimum Gasteiger partial charge on any atom is -0.356 e. The molecular weight excluding hydrogens is 404 g/mol. The maximum absolute atomic E-state index is 13.4. The molecule has 162 valence electrons. The van der Waals surface area contributed by atoms with E-state index >= 15 is 0 Å². The number of nitrogens with one attached hydrogen (secondary N) is 1. The molecule has 4 rings (SSSR count). The molecule has 31 heavy (non-hydrogen) atoms. The summed E-state index contributed by atoms with van der Waals surface area (Å²) in [4.78, 5) is 30.3. The fourth-order valence-corrected chi connectivity index (χ4v) is 5.48. The van der Waals surface area contributed by atoms with Gasteiger partial charge >= 0.3 is 0 Å². The molecule has 0 saturated heterocycles. The minimum atomic E-state index is -0.305. The highest BCUT2D eigenvalue weighted by atomic mass is 32.1. The van der Waals surface area contributed by atoms with E-state index in [9.17, 15) is 9.59 Å². The summed E-state index contributed by atoms with van der Waals surface area (Å²) in [6.45, 7) is 0.500. The second-order valence-electron chi connectivity index (χ2n) is 8.50. The molecule has 1 heterocycles. The quantitative estimate of drug-likeness (QED) is 0.412. The molecular formula is C26H30N2O2S. The topological polar surface area (TPSA) is 59.1 Å². The number of carbonyl (C=O) groups is 2. The molecule has 1 aliphatic carbocycles. The number of para-hydroxylation sites is 1. The van der Waals surface area contributed by atoms with E-state index in [-0.39, 0.29) is 17.6 Å². The second kappa shape index (κ2) is 10.7.